The van der Waals surface area contributed by atoms with E-state index in [1.54, 1.807) is 11.3 Å². The summed E-state index contributed by atoms with van der Waals surface area (Å²) in [7, 11) is 0. The number of hydrogen-bond acceptors (Lipinski definition) is 2. The molecule has 2 rings (SSSR count). The third-order valence-electron chi connectivity index (χ3n) is 3.07. The maximum absolute atomic E-state index is 3.68. The van der Waals surface area contributed by atoms with Gasteiger partial charge in [0.25, 0.3) is 0 Å². The molecule has 0 amide bonds. The van der Waals surface area contributed by atoms with E-state index in [0.717, 1.165) is 21.9 Å². The van der Waals surface area contributed by atoms with E-state index >= 15 is 0 Å². The minimum absolute atomic E-state index is 0.248. The first-order chi connectivity index (χ1) is 9.13. The molecule has 1 unspecified atom stereocenters. The van der Waals surface area contributed by atoms with Crippen LogP contribution in [-0.4, -0.2) is 6.54 Å². The van der Waals surface area contributed by atoms with E-state index in [-0.39, 0.29) is 6.04 Å². The number of aryl methyl sites for hydroxylation is 1. The zero-order valence-electron chi connectivity index (χ0n) is 11.0. The van der Waals surface area contributed by atoms with Gasteiger partial charge in [0.15, 0.2) is 0 Å². The molecule has 0 saturated heterocycles. The fourth-order valence-corrected chi connectivity index (χ4v) is 3.81. The molecule has 0 radical (unpaired) electrons. The van der Waals surface area contributed by atoms with E-state index in [0.29, 0.717) is 0 Å². The van der Waals surface area contributed by atoms with Gasteiger partial charge in [0.1, 0.15) is 0 Å². The Hall–Kier alpha value is -0.160. The van der Waals surface area contributed by atoms with Crippen molar-refractivity contribution in [2.75, 3.05) is 6.54 Å². The van der Waals surface area contributed by atoms with E-state index in [9.17, 15) is 0 Å². The molecule has 4 heteroatoms. The quantitative estimate of drug-likeness (QED) is 0.679. The van der Waals surface area contributed by atoms with Gasteiger partial charge in [-0.2, -0.15) is 11.3 Å². The van der Waals surface area contributed by atoms with E-state index in [1.165, 1.54) is 16.7 Å². The smallest absolute Gasteiger partial charge is 0.0599 e. The highest BCUT2D eigenvalue weighted by Crippen LogP contribution is 2.33. The van der Waals surface area contributed by atoms with Crippen molar-refractivity contribution >= 4 is 43.2 Å². The summed E-state index contributed by atoms with van der Waals surface area (Å²) in [5, 5.41) is 8.11. The lowest BCUT2D eigenvalue weighted by molar-refractivity contribution is 0.596. The molecule has 2 aromatic rings. The van der Waals surface area contributed by atoms with E-state index in [2.05, 4.69) is 80.0 Å². The topological polar surface area (TPSA) is 12.0 Å². The summed E-state index contributed by atoms with van der Waals surface area (Å²) in [6, 6.07) is 6.60. The maximum atomic E-state index is 3.68. The van der Waals surface area contributed by atoms with Crippen molar-refractivity contribution in [1.29, 1.82) is 0 Å². The molecule has 1 heterocycles. The van der Waals surface area contributed by atoms with Gasteiger partial charge in [-0.25, -0.2) is 0 Å². The highest BCUT2D eigenvalue weighted by Gasteiger charge is 2.18. The molecular formula is C15H17Br2NS. The van der Waals surface area contributed by atoms with Crippen molar-refractivity contribution in [2.24, 2.45) is 0 Å². The monoisotopic (exact) mass is 401 g/mol. The summed E-state index contributed by atoms with van der Waals surface area (Å²) in [5.74, 6) is 0. The third-order valence-corrected chi connectivity index (χ3v) is 5.17. The van der Waals surface area contributed by atoms with Gasteiger partial charge >= 0.3 is 0 Å². The molecule has 1 atom stereocenters. The molecule has 0 aliphatic heterocycles. The lowest BCUT2D eigenvalue weighted by Crippen LogP contribution is -2.23. The number of nitrogens with one attached hydrogen (secondary N) is 1. The Morgan fingerprint density at radius 3 is 2.63 bits per heavy atom. The zero-order chi connectivity index (χ0) is 13.8. The standard InChI is InChI=1S/C15H17Br2NS/c1-3-6-18-15(13-9-19-8-10(13)2)12-7-11(16)4-5-14(12)17/h4-5,7-9,15,18H,3,6H2,1-2H3. The Labute approximate surface area is 135 Å². The molecule has 19 heavy (non-hydrogen) atoms. The van der Waals surface area contributed by atoms with Crippen LogP contribution < -0.4 is 5.32 Å². The molecule has 1 N–H and O–H groups in total. The number of rotatable bonds is 5. The largest absolute Gasteiger partial charge is 0.306 e. The first-order valence-corrected chi connectivity index (χ1v) is 8.87. The minimum atomic E-state index is 0.248. The fraction of sp³-hybridized carbons (Fsp3) is 0.333. The van der Waals surface area contributed by atoms with E-state index in [4.69, 9.17) is 0 Å². The van der Waals surface area contributed by atoms with Crippen LogP contribution >= 0.6 is 43.2 Å². The van der Waals surface area contributed by atoms with Crippen molar-refractivity contribution in [3.05, 3.63) is 54.6 Å². The zero-order valence-corrected chi connectivity index (χ0v) is 15.0. The molecule has 0 bridgehead atoms. The van der Waals surface area contributed by atoms with Crippen LogP contribution in [0.3, 0.4) is 0 Å². The fourth-order valence-electron chi connectivity index (χ4n) is 2.08. The van der Waals surface area contributed by atoms with Crippen molar-refractivity contribution in [3.8, 4) is 0 Å². The summed E-state index contributed by atoms with van der Waals surface area (Å²) >= 11 is 9.01. The van der Waals surface area contributed by atoms with Crippen LogP contribution in [0, 0.1) is 6.92 Å². The van der Waals surface area contributed by atoms with Gasteiger partial charge < -0.3 is 5.32 Å². The van der Waals surface area contributed by atoms with Crippen LogP contribution in [0.2, 0.25) is 0 Å². The van der Waals surface area contributed by atoms with E-state index in [1.807, 2.05) is 0 Å². The van der Waals surface area contributed by atoms with Crippen LogP contribution in [0.4, 0.5) is 0 Å². The molecule has 0 aliphatic rings. The lowest BCUT2D eigenvalue weighted by atomic mass is 9.98. The molecule has 1 aromatic carbocycles. The first-order valence-electron chi connectivity index (χ1n) is 6.34. The molecule has 1 aromatic heterocycles. The molecule has 0 spiro atoms. The van der Waals surface area contributed by atoms with Crippen molar-refractivity contribution in [2.45, 2.75) is 26.3 Å². The number of thiophene rings is 1. The van der Waals surface area contributed by atoms with Gasteiger partial charge in [-0.05, 0) is 65.5 Å². The van der Waals surface area contributed by atoms with Crippen molar-refractivity contribution in [3.63, 3.8) is 0 Å². The molecule has 0 fully saturated rings. The Morgan fingerprint density at radius 2 is 2.00 bits per heavy atom. The molecule has 1 nitrogen and oxygen atoms in total. The van der Waals surface area contributed by atoms with E-state index < -0.39 is 0 Å². The second kappa shape index (κ2) is 7.02. The van der Waals surface area contributed by atoms with Gasteiger partial charge in [-0.3, -0.25) is 0 Å². The highest BCUT2D eigenvalue weighted by molar-refractivity contribution is 9.11. The Kier molecular flexibility index (Phi) is 5.63. The lowest BCUT2D eigenvalue weighted by Gasteiger charge is -2.21. The average Bonchev–Trinajstić information content (AvgIpc) is 2.80. The van der Waals surface area contributed by atoms with Crippen molar-refractivity contribution < 1.29 is 0 Å². The first kappa shape index (κ1) is 15.2. The van der Waals surface area contributed by atoms with Gasteiger partial charge in [0.05, 0.1) is 6.04 Å². The summed E-state index contributed by atoms with van der Waals surface area (Å²) < 4.78 is 2.26. The second-order valence-corrected chi connectivity index (χ2v) is 7.08. The molecular weight excluding hydrogens is 386 g/mol. The Morgan fingerprint density at radius 1 is 1.21 bits per heavy atom. The normalized spacial score (nSPS) is 12.6. The highest BCUT2D eigenvalue weighted by atomic mass is 79.9. The van der Waals surface area contributed by atoms with Crippen LogP contribution in [-0.2, 0) is 0 Å². The predicted molar refractivity (Wildman–Crippen MR) is 91.0 cm³/mol. The van der Waals surface area contributed by atoms with Gasteiger partial charge in [-0.1, -0.05) is 38.8 Å². The third kappa shape index (κ3) is 3.69. The predicted octanol–water partition coefficient (Wildman–Crippen LogP) is 5.67. The number of hydrogen-bond donors (Lipinski definition) is 1. The van der Waals surface area contributed by atoms with Gasteiger partial charge in [0.2, 0.25) is 0 Å². The van der Waals surface area contributed by atoms with Crippen LogP contribution in [0.25, 0.3) is 0 Å². The van der Waals surface area contributed by atoms with Crippen LogP contribution in [0.15, 0.2) is 37.9 Å². The summed E-state index contributed by atoms with van der Waals surface area (Å²) in [6.07, 6.45) is 1.13. The average molecular weight is 403 g/mol. The molecule has 102 valence electrons. The molecule has 0 saturated carbocycles. The number of halogens is 2. The second-order valence-electron chi connectivity index (χ2n) is 4.56. The van der Waals surface area contributed by atoms with Crippen LogP contribution in [0.5, 0.6) is 0 Å². The maximum Gasteiger partial charge on any atom is 0.0599 e. The Balaban J connectivity index is 2.42. The minimum Gasteiger partial charge on any atom is -0.306 e. The van der Waals surface area contributed by atoms with Gasteiger partial charge in [-0.15, -0.1) is 0 Å². The summed E-state index contributed by atoms with van der Waals surface area (Å²) in [4.78, 5) is 0. The Bertz CT molecular complexity index is 551. The van der Waals surface area contributed by atoms with Gasteiger partial charge in [0, 0.05) is 8.95 Å². The molecule has 0 aliphatic carbocycles. The SMILES string of the molecule is CCCNC(c1cscc1C)c1cc(Br)ccc1Br. The van der Waals surface area contributed by atoms with Crippen LogP contribution in [0.1, 0.15) is 36.1 Å². The number of benzene rings is 1. The summed E-state index contributed by atoms with van der Waals surface area (Å²) in [6.45, 7) is 5.39. The van der Waals surface area contributed by atoms with Crippen molar-refractivity contribution in [1.82, 2.24) is 5.32 Å². The summed E-state index contributed by atoms with van der Waals surface area (Å²) in [5.41, 5.74) is 4.01.